The molecule has 0 aliphatic carbocycles. The van der Waals surface area contributed by atoms with Crippen molar-refractivity contribution in [2.24, 2.45) is 5.41 Å². The van der Waals surface area contributed by atoms with Crippen LogP contribution in [0, 0.1) is 25.1 Å². The number of pyridine rings is 1. The van der Waals surface area contributed by atoms with Gasteiger partial charge in [0.15, 0.2) is 0 Å². The zero-order valence-corrected chi connectivity index (χ0v) is 29.8. The van der Waals surface area contributed by atoms with Gasteiger partial charge in [-0.05, 0) is 98.3 Å². The number of hydrogen-bond acceptors (Lipinski definition) is 7. The lowest BCUT2D eigenvalue weighted by molar-refractivity contribution is -0.000511. The third-order valence-electron chi connectivity index (χ3n) is 10.3. The van der Waals surface area contributed by atoms with Crippen LogP contribution in [0.5, 0.6) is 0 Å². The number of rotatable bonds is 6. The van der Waals surface area contributed by atoms with Gasteiger partial charge in [0, 0.05) is 66.2 Å². The van der Waals surface area contributed by atoms with Crippen LogP contribution in [0.4, 0.5) is 27.3 Å². The van der Waals surface area contributed by atoms with Gasteiger partial charge in [-0.3, -0.25) is 14.4 Å². The third kappa shape index (κ3) is 6.35. The van der Waals surface area contributed by atoms with Gasteiger partial charge < -0.3 is 25.2 Å². The Morgan fingerprint density at radius 1 is 0.904 bits per heavy atom. The SMILES string of the molecule is Cc1cnc(N2CC3(CCOCC3)C2)c(C(=O)Nc2ccc(C(=O)N3CCc4cc(C(=O)Nc5c(C)cccc5F)sc4-c4ccccc43)cc2)c1. The summed E-state index contributed by atoms with van der Waals surface area (Å²) in [5.74, 6) is -0.581. The van der Waals surface area contributed by atoms with Gasteiger partial charge in [-0.15, -0.1) is 11.3 Å². The molecule has 52 heavy (non-hydrogen) atoms. The Bertz CT molecular complexity index is 2180. The Morgan fingerprint density at radius 3 is 2.44 bits per heavy atom. The Morgan fingerprint density at radius 2 is 1.67 bits per heavy atom. The second kappa shape index (κ2) is 13.6. The summed E-state index contributed by atoms with van der Waals surface area (Å²) < 4.78 is 20.0. The van der Waals surface area contributed by atoms with Crippen molar-refractivity contribution in [2.45, 2.75) is 33.1 Å². The summed E-state index contributed by atoms with van der Waals surface area (Å²) >= 11 is 1.33. The van der Waals surface area contributed by atoms with E-state index in [9.17, 15) is 18.8 Å². The van der Waals surface area contributed by atoms with E-state index in [-0.39, 0.29) is 28.8 Å². The van der Waals surface area contributed by atoms with Crippen LogP contribution in [0.25, 0.3) is 10.4 Å². The number of halogens is 1. The maximum atomic E-state index is 14.5. The molecule has 0 atom stereocenters. The molecule has 2 saturated heterocycles. The van der Waals surface area contributed by atoms with Gasteiger partial charge >= 0.3 is 0 Å². The lowest BCUT2D eigenvalue weighted by Crippen LogP contribution is -2.59. The molecule has 3 aliphatic heterocycles. The van der Waals surface area contributed by atoms with Gasteiger partial charge in [0.25, 0.3) is 17.7 Å². The predicted octanol–water partition coefficient (Wildman–Crippen LogP) is 7.89. The molecule has 5 heterocycles. The van der Waals surface area contributed by atoms with Crippen molar-refractivity contribution in [1.82, 2.24) is 4.98 Å². The molecule has 0 bridgehead atoms. The van der Waals surface area contributed by atoms with Crippen LogP contribution in [0.3, 0.4) is 0 Å². The van der Waals surface area contributed by atoms with Gasteiger partial charge in [0.1, 0.15) is 11.6 Å². The number of nitrogens with zero attached hydrogens (tertiary/aromatic N) is 3. The molecule has 2 N–H and O–H groups in total. The fraction of sp³-hybridized carbons (Fsp3) is 0.268. The number of anilines is 4. The highest BCUT2D eigenvalue weighted by Gasteiger charge is 2.45. The van der Waals surface area contributed by atoms with Gasteiger partial charge in [-0.25, -0.2) is 9.37 Å². The lowest BCUT2D eigenvalue weighted by atomic mass is 9.73. The summed E-state index contributed by atoms with van der Waals surface area (Å²) in [5, 5.41) is 5.75. The first-order valence-electron chi connectivity index (χ1n) is 17.5. The fourth-order valence-electron chi connectivity index (χ4n) is 7.45. The molecule has 0 radical (unpaired) electrons. The van der Waals surface area contributed by atoms with Gasteiger partial charge in [-0.2, -0.15) is 0 Å². The first-order chi connectivity index (χ1) is 25.2. The number of hydrogen-bond donors (Lipinski definition) is 2. The van der Waals surface area contributed by atoms with Crippen LogP contribution in [0.15, 0.2) is 85.1 Å². The van der Waals surface area contributed by atoms with E-state index in [1.54, 1.807) is 54.4 Å². The second-order valence-corrected chi connectivity index (χ2v) is 15.0. The maximum absolute atomic E-state index is 14.5. The van der Waals surface area contributed by atoms with Crippen LogP contribution in [0.1, 0.15) is 59.9 Å². The summed E-state index contributed by atoms with van der Waals surface area (Å²) in [5.41, 5.74) is 6.10. The normalized spacial score (nSPS) is 16.0. The van der Waals surface area contributed by atoms with E-state index in [2.05, 4.69) is 20.5 Å². The minimum Gasteiger partial charge on any atom is -0.381 e. The summed E-state index contributed by atoms with van der Waals surface area (Å²) in [6, 6.07) is 23.0. The minimum atomic E-state index is -0.482. The Balaban J connectivity index is 0.976. The minimum absolute atomic E-state index is 0.168. The number of amides is 3. The Kier molecular flexibility index (Phi) is 8.84. The van der Waals surface area contributed by atoms with E-state index in [1.807, 2.05) is 43.3 Å². The van der Waals surface area contributed by atoms with E-state index in [0.717, 1.165) is 66.4 Å². The van der Waals surface area contributed by atoms with E-state index < -0.39 is 5.82 Å². The van der Waals surface area contributed by atoms with Crippen LogP contribution >= 0.6 is 11.3 Å². The first kappa shape index (κ1) is 33.7. The van der Waals surface area contributed by atoms with E-state index in [1.165, 1.54) is 17.4 Å². The van der Waals surface area contributed by atoms with Crippen molar-refractivity contribution < 1.29 is 23.5 Å². The predicted molar refractivity (Wildman–Crippen MR) is 202 cm³/mol. The van der Waals surface area contributed by atoms with E-state index >= 15 is 0 Å². The highest BCUT2D eigenvalue weighted by molar-refractivity contribution is 7.17. The number of thiophene rings is 1. The zero-order chi connectivity index (χ0) is 36.0. The molecule has 8 rings (SSSR count). The highest BCUT2D eigenvalue weighted by atomic mass is 32.1. The van der Waals surface area contributed by atoms with E-state index in [0.29, 0.717) is 46.0 Å². The highest BCUT2D eigenvalue weighted by Crippen LogP contribution is 2.44. The van der Waals surface area contributed by atoms with Crippen molar-refractivity contribution in [2.75, 3.05) is 53.3 Å². The number of fused-ring (bicyclic) bond motifs is 3. The molecule has 2 fully saturated rings. The zero-order valence-electron chi connectivity index (χ0n) is 29.0. The average molecular weight is 716 g/mol. The number of aromatic nitrogens is 1. The molecule has 1 spiro atoms. The van der Waals surface area contributed by atoms with Crippen molar-refractivity contribution in [1.29, 1.82) is 0 Å². The van der Waals surface area contributed by atoms with Gasteiger partial charge in [0.05, 0.1) is 21.8 Å². The maximum Gasteiger partial charge on any atom is 0.265 e. The lowest BCUT2D eigenvalue weighted by Gasteiger charge is -2.53. The number of para-hydroxylation sites is 2. The largest absolute Gasteiger partial charge is 0.381 e. The van der Waals surface area contributed by atoms with Crippen LogP contribution in [-0.2, 0) is 11.2 Å². The summed E-state index contributed by atoms with van der Waals surface area (Å²) in [4.78, 5) is 50.8. The van der Waals surface area contributed by atoms with Crippen molar-refractivity contribution >= 4 is 51.9 Å². The second-order valence-electron chi connectivity index (χ2n) is 14.0. The van der Waals surface area contributed by atoms with Crippen molar-refractivity contribution in [3.05, 3.63) is 124 Å². The molecule has 9 nitrogen and oxygen atoms in total. The van der Waals surface area contributed by atoms with Crippen LogP contribution in [-0.4, -0.2) is 55.6 Å². The quantitative estimate of drug-likeness (QED) is 0.185. The number of benzene rings is 3. The summed E-state index contributed by atoms with van der Waals surface area (Å²) in [6.45, 7) is 7.36. The Labute approximate surface area is 305 Å². The molecule has 264 valence electrons. The molecule has 5 aromatic rings. The molecule has 11 heteroatoms. The monoisotopic (exact) mass is 715 g/mol. The number of nitrogens with one attached hydrogen (secondary N) is 2. The molecule has 3 aromatic carbocycles. The number of ether oxygens (including phenoxy) is 1. The first-order valence-corrected chi connectivity index (χ1v) is 18.3. The third-order valence-corrected chi connectivity index (χ3v) is 11.5. The molecule has 0 saturated carbocycles. The molecule has 2 aromatic heterocycles. The summed E-state index contributed by atoms with van der Waals surface area (Å²) in [6.07, 6.45) is 4.38. The Hall–Kier alpha value is -5.39. The molecule has 3 amide bonds. The molecular weight excluding hydrogens is 678 g/mol. The average Bonchev–Trinajstić information content (AvgIpc) is 3.51. The van der Waals surface area contributed by atoms with Crippen molar-refractivity contribution in [3.63, 3.8) is 0 Å². The van der Waals surface area contributed by atoms with Crippen molar-refractivity contribution in [3.8, 4) is 10.4 Å². The molecule has 0 unspecified atom stereocenters. The van der Waals surface area contributed by atoms with Crippen LogP contribution < -0.4 is 20.4 Å². The number of carbonyl (C=O) groups is 3. The van der Waals surface area contributed by atoms with Crippen LogP contribution in [0.2, 0.25) is 0 Å². The number of aryl methyl sites for hydroxylation is 2. The van der Waals surface area contributed by atoms with Gasteiger partial charge in [-0.1, -0.05) is 30.3 Å². The molecular formula is C41H38FN5O4S. The standard InChI is InChI=1S/C41H38FN5O4S/c1-25-20-31(37(43-22-25)46-23-41(24-46)15-18-51-19-16-41)38(48)44-29-12-10-27(11-13-29)40(50)47-17-14-28-21-34(52-36(28)30-7-3-4-9-33(30)47)39(49)45-35-26(2)6-5-8-32(35)42/h3-13,20-22H,14-19,23-24H2,1-2H3,(H,44,48)(H,45,49). The number of carbonyl (C=O) groups excluding carboxylic acids is 3. The molecule has 3 aliphatic rings. The van der Waals surface area contributed by atoms with Gasteiger partial charge in [0.2, 0.25) is 0 Å². The smallest absolute Gasteiger partial charge is 0.265 e. The van der Waals surface area contributed by atoms with E-state index in [4.69, 9.17) is 4.74 Å². The topological polar surface area (TPSA) is 104 Å². The fourth-order valence-corrected chi connectivity index (χ4v) is 8.59. The summed E-state index contributed by atoms with van der Waals surface area (Å²) in [7, 11) is 0.